The Balaban J connectivity index is 4.29. The highest BCUT2D eigenvalue weighted by Gasteiger charge is 2.19. The number of esters is 3. The van der Waals surface area contributed by atoms with Crippen LogP contribution in [0.25, 0.3) is 0 Å². The second-order valence-electron chi connectivity index (χ2n) is 13.3. The van der Waals surface area contributed by atoms with Gasteiger partial charge in [-0.15, -0.1) is 0 Å². The second-order valence-corrected chi connectivity index (χ2v) is 13.3. The van der Waals surface area contributed by atoms with E-state index < -0.39 is 6.10 Å². The average Bonchev–Trinajstić information content (AvgIpc) is 3.00. The number of unbranched alkanes of at least 4 members (excludes halogenated alkanes) is 20. The normalized spacial score (nSPS) is 11.9. The Morgan fingerprint density at radius 1 is 0.432 bits per heavy atom. The van der Waals surface area contributed by atoms with Crippen molar-refractivity contribution in [1.82, 2.24) is 0 Å². The van der Waals surface area contributed by atoms with Crippen LogP contribution in [0.3, 0.4) is 0 Å². The third-order valence-electron chi connectivity index (χ3n) is 8.29. The molecule has 260 valence electrons. The van der Waals surface area contributed by atoms with E-state index in [0.29, 0.717) is 19.3 Å². The molecule has 6 nitrogen and oxygen atoms in total. The molecule has 0 aromatic carbocycles. The molecule has 0 rings (SSSR count). The molecule has 0 aromatic heterocycles. The SMILES string of the molecule is CCCCCCCCCC(=O)OC[C@H](COC(=O)CCCCCCCCCCCC(C)C)OC(=O)CCCCCCCCC. The van der Waals surface area contributed by atoms with Crippen molar-refractivity contribution in [3.63, 3.8) is 0 Å². The van der Waals surface area contributed by atoms with Gasteiger partial charge in [-0.1, -0.05) is 163 Å². The number of hydrogen-bond donors (Lipinski definition) is 0. The van der Waals surface area contributed by atoms with Crippen LogP contribution in [0.1, 0.15) is 201 Å². The first kappa shape index (κ1) is 42.4. The first-order valence-electron chi connectivity index (χ1n) is 18.9. The van der Waals surface area contributed by atoms with E-state index in [1.807, 2.05) is 0 Å². The summed E-state index contributed by atoms with van der Waals surface area (Å²) in [5.41, 5.74) is 0. The van der Waals surface area contributed by atoms with E-state index in [0.717, 1.165) is 63.7 Å². The summed E-state index contributed by atoms with van der Waals surface area (Å²) in [7, 11) is 0. The lowest BCUT2D eigenvalue weighted by molar-refractivity contribution is -0.167. The zero-order valence-electron chi connectivity index (χ0n) is 29.6. The fourth-order valence-corrected chi connectivity index (χ4v) is 5.39. The van der Waals surface area contributed by atoms with Crippen molar-refractivity contribution in [2.75, 3.05) is 13.2 Å². The molecule has 6 heteroatoms. The van der Waals surface area contributed by atoms with E-state index in [2.05, 4.69) is 27.7 Å². The summed E-state index contributed by atoms with van der Waals surface area (Å²) in [5.74, 6) is -0.0710. The van der Waals surface area contributed by atoms with E-state index in [4.69, 9.17) is 14.2 Å². The van der Waals surface area contributed by atoms with Crippen molar-refractivity contribution in [2.45, 2.75) is 207 Å². The van der Waals surface area contributed by atoms with E-state index >= 15 is 0 Å². The van der Waals surface area contributed by atoms with E-state index in [1.165, 1.54) is 96.3 Å². The van der Waals surface area contributed by atoms with Crippen molar-refractivity contribution < 1.29 is 28.6 Å². The molecule has 0 unspecified atom stereocenters. The fourth-order valence-electron chi connectivity index (χ4n) is 5.39. The molecule has 0 N–H and O–H groups in total. The van der Waals surface area contributed by atoms with Gasteiger partial charge in [-0.3, -0.25) is 14.4 Å². The van der Waals surface area contributed by atoms with E-state index in [-0.39, 0.29) is 31.1 Å². The van der Waals surface area contributed by atoms with Gasteiger partial charge in [-0.05, 0) is 25.2 Å². The van der Waals surface area contributed by atoms with Gasteiger partial charge in [-0.25, -0.2) is 0 Å². The van der Waals surface area contributed by atoms with Gasteiger partial charge in [0, 0.05) is 19.3 Å². The smallest absolute Gasteiger partial charge is 0.306 e. The van der Waals surface area contributed by atoms with Crippen molar-refractivity contribution in [3.8, 4) is 0 Å². The van der Waals surface area contributed by atoms with Crippen LogP contribution < -0.4 is 0 Å². The monoisotopic (exact) mass is 625 g/mol. The van der Waals surface area contributed by atoms with Gasteiger partial charge in [0.25, 0.3) is 0 Å². The maximum Gasteiger partial charge on any atom is 0.306 e. The Hall–Kier alpha value is -1.59. The minimum absolute atomic E-state index is 0.0664. The molecule has 44 heavy (non-hydrogen) atoms. The van der Waals surface area contributed by atoms with Gasteiger partial charge in [0.05, 0.1) is 0 Å². The summed E-state index contributed by atoms with van der Waals surface area (Å²) in [6.07, 6.45) is 28.2. The molecule has 0 fully saturated rings. The minimum Gasteiger partial charge on any atom is -0.462 e. The predicted octanol–water partition coefficient (Wildman–Crippen LogP) is 11.2. The molecule has 0 aliphatic heterocycles. The lowest BCUT2D eigenvalue weighted by Gasteiger charge is -2.18. The highest BCUT2D eigenvalue weighted by atomic mass is 16.6. The van der Waals surface area contributed by atoms with Gasteiger partial charge < -0.3 is 14.2 Å². The molecule has 0 heterocycles. The van der Waals surface area contributed by atoms with E-state index in [1.54, 1.807) is 0 Å². The van der Waals surface area contributed by atoms with Gasteiger partial charge in [-0.2, -0.15) is 0 Å². The lowest BCUT2D eigenvalue weighted by atomic mass is 10.0. The summed E-state index contributed by atoms with van der Waals surface area (Å²) in [6.45, 7) is 8.85. The molecule has 0 aliphatic carbocycles. The molecule has 0 radical (unpaired) electrons. The van der Waals surface area contributed by atoms with Crippen LogP contribution in [0.2, 0.25) is 0 Å². The minimum atomic E-state index is -0.755. The number of rotatable bonds is 33. The van der Waals surface area contributed by atoms with Crippen LogP contribution in [-0.4, -0.2) is 37.2 Å². The first-order chi connectivity index (χ1) is 21.4. The van der Waals surface area contributed by atoms with Crippen LogP contribution in [0.5, 0.6) is 0 Å². The molecular formula is C38H72O6. The Labute approximate surface area is 272 Å². The second kappa shape index (κ2) is 32.8. The van der Waals surface area contributed by atoms with Crippen LogP contribution >= 0.6 is 0 Å². The summed E-state index contributed by atoms with van der Waals surface area (Å²) >= 11 is 0. The van der Waals surface area contributed by atoms with Crippen molar-refractivity contribution >= 4 is 17.9 Å². The number of ether oxygens (including phenoxy) is 3. The third kappa shape index (κ3) is 31.8. The number of carbonyl (C=O) groups is 3. The van der Waals surface area contributed by atoms with Gasteiger partial charge in [0.1, 0.15) is 13.2 Å². The third-order valence-corrected chi connectivity index (χ3v) is 8.29. The largest absolute Gasteiger partial charge is 0.462 e. The summed E-state index contributed by atoms with van der Waals surface area (Å²) < 4.78 is 16.5. The standard InChI is InChI=1S/C38H72O6/c1-5-7-9-11-16-21-25-29-36(39)42-32-35(44-38(41)31-27-23-17-12-10-8-6-2)33-43-37(40)30-26-22-19-15-13-14-18-20-24-28-34(3)4/h34-35H,5-33H2,1-4H3/t35-/m1/s1. The number of hydrogen-bond acceptors (Lipinski definition) is 6. The van der Waals surface area contributed by atoms with Gasteiger partial charge in [0.2, 0.25) is 0 Å². The molecule has 0 aliphatic rings. The highest BCUT2D eigenvalue weighted by molar-refractivity contribution is 5.71. The topological polar surface area (TPSA) is 78.9 Å². The molecule has 0 spiro atoms. The van der Waals surface area contributed by atoms with Crippen molar-refractivity contribution in [3.05, 3.63) is 0 Å². The molecule has 1 atom stereocenters. The maximum atomic E-state index is 12.5. The zero-order valence-corrected chi connectivity index (χ0v) is 29.6. The van der Waals surface area contributed by atoms with Crippen LogP contribution in [0.15, 0.2) is 0 Å². The number of carbonyl (C=O) groups excluding carboxylic acids is 3. The zero-order chi connectivity index (χ0) is 32.5. The Morgan fingerprint density at radius 3 is 1.11 bits per heavy atom. The summed E-state index contributed by atoms with van der Waals surface area (Å²) in [4.78, 5) is 37.2. The molecule has 0 amide bonds. The molecular weight excluding hydrogens is 552 g/mol. The van der Waals surface area contributed by atoms with Crippen LogP contribution in [0.4, 0.5) is 0 Å². The van der Waals surface area contributed by atoms with Crippen molar-refractivity contribution in [1.29, 1.82) is 0 Å². The Bertz CT molecular complexity index is 662. The average molecular weight is 625 g/mol. The van der Waals surface area contributed by atoms with Crippen LogP contribution in [-0.2, 0) is 28.6 Å². The first-order valence-corrected chi connectivity index (χ1v) is 18.9. The van der Waals surface area contributed by atoms with Crippen LogP contribution in [0, 0.1) is 5.92 Å². The quantitative estimate of drug-likeness (QED) is 0.0410. The molecule has 0 aromatic rings. The summed E-state index contributed by atoms with van der Waals surface area (Å²) in [6, 6.07) is 0. The predicted molar refractivity (Wildman–Crippen MR) is 183 cm³/mol. The van der Waals surface area contributed by atoms with Crippen molar-refractivity contribution in [2.24, 2.45) is 5.92 Å². The lowest BCUT2D eigenvalue weighted by Crippen LogP contribution is -2.30. The molecule has 0 saturated heterocycles. The highest BCUT2D eigenvalue weighted by Crippen LogP contribution is 2.15. The summed E-state index contributed by atoms with van der Waals surface area (Å²) in [5, 5.41) is 0. The Morgan fingerprint density at radius 2 is 0.750 bits per heavy atom. The van der Waals surface area contributed by atoms with Gasteiger partial charge >= 0.3 is 17.9 Å². The van der Waals surface area contributed by atoms with Gasteiger partial charge in [0.15, 0.2) is 6.10 Å². The molecule has 0 bridgehead atoms. The van der Waals surface area contributed by atoms with E-state index in [9.17, 15) is 14.4 Å². The fraction of sp³-hybridized carbons (Fsp3) is 0.921. The molecule has 0 saturated carbocycles. The maximum absolute atomic E-state index is 12.5. The Kier molecular flexibility index (Phi) is 31.6.